The fourth-order valence-corrected chi connectivity index (χ4v) is 3.00. The maximum absolute atomic E-state index is 12.6. The SMILES string of the molecule is CC(C)CCNC(=O)CN1C(=O)COc2ccc(C(=O)COc3ccccc3)cc21. The molecule has 1 heterocycles. The second-order valence-corrected chi connectivity index (χ2v) is 7.51. The van der Waals surface area contributed by atoms with E-state index >= 15 is 0 Å². The highest BCUT2D eigenvalue weighted by atomic mass is 16.5. The molecule has 2 aromatic carbocycles. The van der Waals surface area contributed by atoms with Gasteiger partial charge in [-0.3, -0.25) is 19.3 Å². The van der Waals surface area contributed by atoms with Crippen molar-refractivity contribution in [2.24, 2.45) is 5.92 Å². The van der Waals surface area contributed by atoms with Crippen LogP contribution in [0, 0.1) is 5.92 Å². The topological polar surface area (TPSA) is 84.9 Å². The predicted octanol–water partition coefficient (Wildman–Crippen LogP) is 2.84. The number of nitrogens with zero attached hydrogens (tertiary/aromatic N) is 1. The van der Waals surface area contributed by atoms with Gasteiger partial charge in [-0.2, -0.15) is 0 Å². The maximum Gasteiger partial charge on any atom is 0.265 e. The Bertz CT molecular complexity index is 911. The Balaban J connectivity index is 1.69. The number of benzene rings is 2. The molecule has 1 N–H and O–H groups in total. The number of carbonyl (C=O) groups excluding carboxylic acids is 3. The third-order valence-electron chi connectivity index (χ3n) is 4.68. The third kappa shape index (κ3) is 5.59. The second-order valence-electron chi connectivity index (χ2n) is 7.51. The Morgan fingerprint density at radius 1 is 1.17 bits per heavy atom. The monoisotopic (exact) mass is 410 g/mol. The number of fused-ring (bicyclic) bond motifs is 1. The first kappa shape index (κ1) is 21.4. The number of carbonyl (C=O) groups is 3. The molecule has 0 atom stereocenters. The van der Waals surface area contributed by atoms with E-state index < -0.39 is 0 Å². The molecule has 0 spiro atoms. The predicted molar refractivity (Wildman–Crippen MR) is 113 cm³/mol. The van der Waals surface area contributed by atoms with E-state index in [-0.39, 0.29) is 37.4 Å². The first-order valence-corrected chi connectivity index (χ1v) is 9.99. The van der Waals surface area contributed by atoms with Crippen molar-refractivity contribution in [2.75, 3.05) is 31.2 Å². The highest BCUT2D eigenvalue weighted by molar-refractivity contribution is 6.04. The van der Waals surface area contributed by atoms with Crippen LogP contribution in [-0.2, 0) is 9.59 Å². The van der Waals surface area contributed by atoms with Gasteiger partial charge in [0.25, 0.3) is 5.91 Å². The summed E-state index contributed by atoms with van der Waals surface area (Å²) in [6, 6.07) is 13.9. The minimum absolute atomic E-state index is 0.120. The molecule has 0 radical (unpaired) electrons. The van der Waals surface area contributed by atoms with Gasteiger partial charge in [0.2, 0.25) is 5.91 Å². The van der Waals surface area contributed by atoms with E-state index in [4.69, 9.17) is 9.47 Å². The summed E-state index contributed by atoms with van der Waals surface area (Å²) in [7, 11) is 0. The van der Waals surface area contributed by atoms with E-state index in [1.165, 1.54) is 4.90 Å². The molecule has 2 aromatic rings. The lowest BCUT2D eigenvalue weighted by molar-refractivity contribution is -0.125. The number of ether oxygens (including phenoxy) is 2. The number of rotatable bonds is 9. The van der Waals surface area contributed by atoms with Crippen molar-refractivity contribution in [3.05, 3.63) is 54.1 Å². The van der Waals surface area contributed by atoms with E-state index in [9.17, 15) is 14.4 Å². The van der Waals surface area contributed by atoms with Crippen LogP contribution in [0.4, 0.5) is 5.69 Å². The molecule has 158 valence electrons. The molecule has 7 nitrogen and oxygen atoms in total. The number of amides is 2. The lowest BCUT2D eigenvalue weighted by atomic mass is 10.1. The van der Waals surface area contributed by atoms with Crippen LogP contribution in [0.3, 0.4) is 0 Å². The molecule has 0 fully saturated rings. The number of Topliss-reactive ketones (excluding diaryl/α,β-unsaturated/α-hetero) is 1. The second kappa shape index (κ2) is 9.91. The Kier molecular flexibility index (Phi) is 7.06. The Morgan fingerprint density at radius 2 is 1.93 bits per heavy atom. The quantitative estimate of drug-likeness (QED) is 0.643. The average molecular weight is 410 g/mol. The molecule has 3 rings (SSSR count). The van der Waals surface area contributed by atoms with E-state index in [2.05, 4.69) is 19.2 Å². The molecule has 0 bridgehead atoms. The van der Waals surface area contributed by atoms with Crippen molar-refractivity contribution in [1.82, 2.24) is 5.32 Å². The summed E-state index contributed by atoms with van der Waals surface area (Å²) >= 11 is 0. The van der Waals surface area contributed by atoms with Gasteiger partial charge in [0.05, 0.1) is 5.69 Å². The Hall–Kier alpha value is -3.35. The maximum atomic E-state index is 12.6. The Morgan fingerprint density at radius 3 is 2.67 bits per heavy atom. The van der Waals surface area contributed by atoms with Gasteiger partial charge < -0.3 is 14.8 Å². The molecule has 0 saturated heterocycles. The average Bonchev–Trinajstić information content (AvgIpc) is 2.74. The molecular weight excluding hydrogens is 384 g/mol. The van der Waals surface area contributed by atoms with Crippen LogP contribution in [-0.4, -0.2) is 43.9 Å². The zero-order valence-electron chi connectivity index (χ0n) is 17.2. The van der Waals surface area contributed by atoms with Crippen molar-refractivity contribution >= 4 is 23.3 Å². The van der Waals surface area contributed by atoms with Crippen LogP contribution < -0.4 is 19.7 Å². The molecule has 0 unspecified atom stereocenters. The largest absolute Gasteiger partial charge is 0.485 e. The molecule has 0 aromatic heterocycles. The molecule has 0 aliphatic carbocycles. The van der Waals surface area contributed by atoms with E-state index in [1.807, 2.05) is 18.2 Å². The molecule has 0 saturated carbocycles. The summed E-state index contributed by atoms with van der Waals surface area (Å²) in [6.07, 6.45) is 0.861. The summed E-state index contributed by atoms with van der Waals surface area (Å²) in [5.74, 6) is 0.725. The highest BCUT2D eigenvalue weighted by Gasteiger charge is 2.28. The van der Waals surface area contributed by atoms with Crippen LogP contribution in [0.2, 0.25) is 0 Å². The molecule has 2 amide bonds. The normalized spacial score (nSPS) is 12.9. The zero-order valence-corrected chi connectivity index (χ0v) is 17.2. The number of hydrogen-bond acceptors (Lipinski definition) is 5. The van der Waals surface area contributed by atoms with Crippen LogP contribution >= 0.6 is 0 Å². The molecule has 30 heavy (non-hydrogen) atoms. The van der Waals surface area contributed by atoms with Crippen LogP contribution in [0.25, 0.3) is 0 Å². The van der Waals surface area contributed by atoms with Gasteiger partial charge in [-0.1, -0.05) is 32.0 Å². The smallest absolute Gasteiger partial charge is 0.265 e. The lowest BCUT2D eigenvalue weighted by Crippen LogP contribution is -2.45. The minimum Gasteiger partial charge on any atom is -0.485 e. The number of hydrogen-bond donors (Lipinski definition) is 1. The first-order valence-electron chi connectivity index (χ1n) is 9.99. The lowest BCUT2D eigenvalue weighted by Gasteiger charge is -2.29. The zero-order chi connectivity index (χ0) is 21.5. The summed E-state index contributed by atoms with van der Waals surface area (Å²) < 4.78 is 11.0. The van der Waals surface area contributed by atoms with E-state index in [0.717, 1.165) is 6.42 Å². The van der Waals surface area contributed by atoms with Crippen LogP contribution in [0.15, 0.2) is 48.5 Å². The molecule has 1 aliphatic heterocycles. The van der Waals surface area contributed by atoms with E-state index in [1.54, 1.807) is 30.3 Å². The Labute approximate surface area is 176 Å². The van der Waals surface area contributed by atoms with Crippen molar-refractivity contribution in [2.45, 2.75) is 20.3 Å². The fraction of sp³-hybridized carbons (Fsp3) is 0.348. The van der Waals surface area contributed by atoms with Gasteiger partial charge in [-0.25, -0.2) is 0 Å². The first-order chi connectivity index (χ1) is 14.4. The number of anilines is 1. The summed E-state index contributed by atoms with van der Waals surface area (Å²) in [5.41, 5.74) is 0.795. The van der Waals surface area contributed by atoms with Crippen molar-refractivity contribution in [3.8, 4) is 11.5 Å². The van der Waals surface area contributed by atoms with Crippen LogP contribution in [0.1, 0.15) is 30.6 Å². The van der Waals surface area contributed by atoms with Crippen molar-refractivity contribution < 1.29 is 23.9 Å². The standard InChI is InChI=1S/C23H26N2O5/c1-16(2)10-11-24-22(27)13-25-19-12-17(8-9-21(19)30-15-23(25)28)20(26)14-29-18-6-4-3-5-7-18/h3-9,12,16H,10-11,13-15H2,1-2H3,(H,24,27). The summed E-state index contributed by atoms with van der Waals surface area (Å²) in [4.78, 5) is 38.6. The molecule has 1 aliphatic rings. The van der Waals surface area contributed by atoms with Crippen molar-refractivity contribution in [1.29, 1.82) is 0 Å². The van der Waals surface area contributed by atoms with E-state index in [0.29, 0.717) is 35.2 Å². The van der Waals surface area contributed by atoms with Gasteiger partial charge in [0, 0.05) is 12.1 Å². The van der Waals surface area contributed by atoms with Crippen LogP contribution in [0.5, 0.6) is 11.5 Å². The number of para-hydroxylation sites is 1. The number of ketones is 1. The van der Waals surface area contributed by atoms with Gasteiger partial charge >= 0.3 is 0 Å². The summed E-state index contributed by atoms with van der Waals surface area (Å²) in [6.45, 7) is 4.31. The highest BCUT2D eigenvalue weighted by Crippen LogP contribution is 2.33. The third-order valence-corrected chi connectivity index (χ3v) is 4.68. The molecule has 7 heteroatoms. The molecular formula is C23H26N2O5. The fourth-order valence-electron chi connectivity index (χ4n) is 3.00. The van der Waals surface area contributed by atoms with Gasteiger partial charge in [-0.05, 0) is 42.7 Å². The van der Waals surface area contributed by atoms with Crippen molar-refractivity contribution in [3.63, 3.8) is 0 Å². The summed E-state index contributed by atoms with van der Waals surface area (Å²) in [5, 5.41) is 2.83. The minimum atomic E-state index is -0.327. The van der Waals surface area contributed by atoms with Gasteiger partial charge in [0.15, 0.2) is 19.0 Å². The van der Waals surface area contributed by atoms with Gasteiger partial charge in [0.1, 0.15) is 18.0 Å². The van der Waals surface area contributed by atoms with Gasteiger partial charge in [-0.15, -0.1) is 0 Å². The number of nitrogens with one attached hydrogen (secondary N) is 1.